The Bertz CT molecular complexity index is 437. The number of aromatic nitrogens is 2. The molecule has 1 aliphatic heterocycles. The van der Waals surface area contributed by atoms with Crippen molar-refractivity contribution >= 4 is 5.97 Å². The Balaban J connectivity index is 2.45. The van der Waals surface area contributed by atoms with E-state index in [-0.39, 0.29) is 6.04 Å². The molecule has 1 aromatic heterocycles. The molecule has 0 aliphatic carbocycles. The third-order valence-corrected chi connectivity index (χ3v) is 3.28. The zero-order valence-electron chi connectivity index (χ0n) is 10.6. The van der Waals surface area contributed by atoms with Crippen LogP contribution in [0.3, 0.4) is 0 Å². The molecule has 0 fully saturated rings. The molecule has 5 nitrogen and oxygen atoms in total. The molecule has 0 radical (unpaired) electrons. The van der Waals surface area contributed by atoms with Gasteiger partial charge in [0.25, 0.3) is 0 Å². The molecule has 0 aromatic carbocycles. The molecular formula is C12H19N3O2. The molecule has 0 saturated carbocycles. The number of rotatable bonds is 3. The fraction of sp³-hybridized carbons (Fsp3) is 0.667. The molecule has 2 heterocycles. The summed E-state index contributed by atoms with van der Waals surface area (Å²) in [5, 5.41) is 13.8. The third kappa shape index (κ3) is 2.07. The van der Waals surface area contributed by atoms with E-state index < -0.39 is 5.97 Å². The van der Waals surface area contributed by atoms with Crippen LogP contribution in [0, 0.1) is 0 Å². The summed E-state index contributed by atoms with van der Waals surface area (Å²) in [5.41, 5.74) is 2.24. The molecule has 94 valence electrons. The summed E-state index contributed by atoms with van der Waals surface area (Å²) in [7, 11) is 0. The summed E-state index contributed by atoms with van der Waals surface area (Å²) in [4.78, 5) is 13.6. The van der Waals surface area contributed by atoms with E-state index in [0.29, 0.717) is 5.69 Å². The van der Waals surface area contributed by atoms with E-state index in [1.54, 1.807) is 4.68 Å². The Morgan fingerprint density at radius 2 is 2.24 bits per heavy atom. The second-order valence-corrected chi connectivity index (χ2v) is 4.74. The summed E-state index contributed by atoms with van der Waals surface area (Å²) in [5.74, 6) is -0.864. The lowest BCUT2D eigenvalue weighted by Crippen LogP contribution is -2.30. The standard InChI is InChI=1S/C12H19N3O2/c1-4-14-6-5-9-10(7-14)13-15(8(2)3)11(9)12(16)17/h8H,4-7H2,1-3H3,(H,16,17). The minimum absolute atomic E-state index is 0.0850. The number of fused-ring (bicyclic) bond motifs is 1. The highest BCUT2D eigenvalue weighted by molar-refractivity contribution is 5.88. The molecule has 0 spiro atoms. The van der Waals surface area contributed by atoms with E-state index in [9.17, 15) is 9.90 Å². The molecule has 0 atom stereocenters. The summed E-state index contributed by atoms with van der Waals surface area (Å²) in [6.07, 6.45) is 0.789. The van der Waals surface area contributed by atoms with Crippen molar-refractivity contribution in [2.75, 3.05) is 13.1 Å². The number of likely N-dealkylation sites (N-methyl/N-ethyl adjacent to an activating group) is 1. The van der Waals surface area contributed by atoms with Gasteiger partial charge in [0.1, 0.15) is 5.69 Å². The quantitative estimate of drug-likeness (QED) is 0.866. The van der Waals surface area contributed by atoms with Crippen molar-refractivity contribution in [3.63, 3.8) is 0 Å². The maximum Gasteiger partial charge on any atom is 0.354 e. The van der Waals surface area contributed by atoms with E-state index >= 15 is 0 Å². The van der Waals surface area contributed by atoms with Crippen LogP contribution in [-0.2, 0) is 13.0 Å². The summed E-state index contributed by atoms with van der Waals surface area (Å²) in [6.45, 7) is 8.71. The SMILES string of the molecule is CCN1CCc2c(nn(C(C)C)c2C(=O)O)C1. The predicted octanol–water partition coefficient (Wildman–Crippen LogP) is 1.54. The second-order valence-electron chi connectivity index (χ2n) is 4.74. The Morgan fingerprint density at radius 3 is 2.76 bits per heavy atom. The first kappa shape index (κ1) is 12.1. The third-order valence-electron chi connectivity index (χ3n) is 3.28. The van der Waals surface area contributed by atoms with Crippen LogP contribution in [0.4, 0.5) is 0 Å². The first-order chi connectivity index (χ1) is 8.04. The predicted molar refractivity (Wildman–Crippen MR) is 64.2 cm³/mol. The lowest BCUT2D eigenvalue weighted by molar-refractivity contribution is 0.0679. The molecule has 17 heavy (non-hydrogen) atoms. The first-order valence-electron chi connectivity index (χ1n) is 6.10. The van der Waals surface area contributed by atoms with Gasteiger partial charge in [-0.1, -0.05) is 6.92 Å². The van der Waals surface area contributed by atoms with Gasteiger partial charge < -0.3 is 5.11 Å². The van der Waals surface area contributed by atoms with Crippen molar-refractivity contribution in [3.05, 3.63) is 17.0 Å². The number of aromatic carboxylic acids is 1. The molecule has 1 aliphatic rings. The smallest absolute Gasteiger partial charge is 0.354 e. The number of hydrogen-bond acceptors (Lipinski definition) is 3. The average Bonchev–Trinajstić information content (AvgIpc) is 2.66. The second kappa shape index (κ2) is 4.49. The van der Waals surface area contributed by atoms with E-state index in [2.05, 4.69) is 16.9 Å². The molecule has 0 amide bonds. The van der Waals surface area contributed by atoms with E-state index in [0.717, 1.165) is 37.3 Å². The molecule has 1 aromatic rings. The zero-order chi connectivity index (χ0) is 12.6. The highest BCUT2D eigenvalue weighted by Gasteiger charge is 2.27. The van der Waals surface area contributed by atoms with Crippen molar-refractivity contribution < 1.29 is 9.90 Å². The lowest BCUT2D eigenvalue weighted by atomic mass is 10.0. The number of carboxylic acid groups (broad SMARTS) is 1. The van der Waals surface area contributed by atoms with Crippen molar-refractivity contribution in [1.29, 1.82) is 0 Å². The lowest BCUT2D eigenvalue weighted by Gasteiger charge is -2.24. The maximum atomic E-state index is 11.3. The van der Waals surface area contributed by atoms with Crippen LogP contribution in [0.5, 0.6) is 0 Å². The van der Waals surface area contributed by atoms with E-state index in [1.807, 2.05) is 13.8 Å². The summed E-state index contributed by atoms with van der Waals surface area (Å²) in [6, 6.07) is 0.0850. The number of carbonyl (C=O) groups is 1. The monoisotopic (exact) mass is 237 g/mol. The Labute approximate surface area is 101 Å². The average molecular weight is 237 g/mol. The molecule has 2 rings (SSSR count). The Morgan fingerprint density at radius 1 is 1.53 bits per heavy atom. The van der Waals surface area contributed by atoms with Crippen LogP contribution in [0.15, 0.2) is 0 Å². The molecular weight excluding hydrogens is 218 g/mol. The van der Waals surface area contributed by atoms with Crippen molar-refractivity contribution in [1.82, 2.24) is 14.7 Å². The van der Waals surface area contributed by atoms with Crippen LogP contribution in [-0.4, -0.2) is 38.8 Å². The van der Waals surface area contributed by atoms with Crippen molar-refractivity contribution in [2.24, 2.45) is 0 Å². The minimum Gasteiger partial charge on any atom is -0.477 e. The largest absolute Gasteiger partial charge is 0.477 e. The van der Waals surface area contributed by atoms with Gasteiger partial charge in [0.2, 0.25) is 0 Å². The van der Waals surface area contributed by atoms with Gasteiger partial charge in [-0.05, 0) is 26.8 Å². The summed E-state index contributed by atoms with van der Waals surface area (Å²) < 4.78 is 1.64. The topological polar surface area (TPSA) is 58.4 Å². The molecule has 0 unspecified atom stereocenters. The van der Waals surface area contributed by atoms with Gasteiger partial charge in [0.05, 0.1) is 5.69 Å². The fourth-order valence-corrected chi connectivity index (χ4v) is 2.34. The number of nitrogens with zero attached hydrogens (tertiary/aromatic N) is 3. The zero-order valence-corrected chi connectivity index (χ0v) is 10.6. The van der Waals surface area contributed by atoms with Crippen molar-refractivity contribution in [2.45, 2.75) is 39.8 Å². The van der Waals surface area contributed by atoms with Gasteiger partial charge in [-0.15, -0.1) is 0 Å². The maximum absolute atomic E-state index is 11.3. The van der Waals surface area contributed by atoms with Gasteiger partial charge in [-0.2, -0.15) is 5.10 Å². The van der Waals surface area contributed by atoms with Crippen molar-refractivity contribution in [3.8, 4) is 0 Å². The minimum atomic E-state index is -0.864. The molecule has 0 saturated heterocycles. The van der Waals surface area contributed by atoms with Crippen LogP contribution in [0.2, 0.25) is 0 Å². The van der Waals surface area contributed by atoms with Gasteiger partial charge >= 0.3 is 5.97 Å². The first-order valence-corrected chi connectivity index (χ1v) is 6.10. The van der Waals surface area contributed by atoms with E-state index in [4.69, 9.17) is 0 Å². The van der Waals surface area contributed by atoms with E-state index in [1.165, 1.54) is 0 Å². The van der Waals surface area contributed by atoms with Crippen LogP contribution in [0.1, 0.15) is 48.6 Å². The van der Waals surface area contributed by atoms with Gasteiger partial charge in [-0.3, -0.25) is 9.58 Å². The Hall–Kier alpha value is -1.36. The van der Waals surface area contributed by atoms with Crippen LogP contribution in [0.25, 0.3) is 0 Å². The van der Waals surface area contributed by atoms with Crippen LogP contribution >= 0.6 is 0 Å². The van der Waals surface area contributed by atoms with Gasteiger partial charge in [-0.25, -0.2) is 4.79 Å². The highest BCUT2D eigenvalue weighted by Crippen LogP contribution is 2.24. The molecule has 1 N–H and O–H groups in total. The number of hydrogen-bond donors (Lipinski definition) is 1. The van der Waals surface area contributed by atoms with Crippen LogP contribution < -0.4 is 0 Å². The Kier molecular flexibility index (Phi) is 3.19. The summed E-state index contributed by atoms with van der Waals surface area (Å²) >= 11 is 0. The normalized spacial score (nSPS) is 16.2. The van der Waals surface area contributed by atoms with Gasteiger partial charge in [0, 0.05) is 24.7 Å². The van der Waals surface area contributed by atoms with Gasteiger partial charge in [0.15, 0.2) is 0 Å². The molecule has 5 heteroatoms. The molecule has 0 bridgehead atoms. The highest BCUT2D eigenvalue weighted by atomic mass is 16.4. The fourth-order valence-electron chi connectivity index (χ4n) is 2.34. The number of carboxylic acids is 1.